The highest BCUT2D eigenvalue weighted by Gasteiger charge is 2.30. The lowest BCUT2D eigenvalue weighted by Gasteiger charge is -2.33. The number of thioether (sulfide) groups is 2. The highest BCUT2D eigenvalue weighted by molar-refractivity contribution is 7.99. The van der Waals surface area contributed by atoms with Gasteiger partial charge in [0.05, 0.1) is 6.04 Å². The molecular weight excluding hydrogens is 464 g/mol. The Balaban J connectivity index is 1.25. The van der Waals surface area contributed by atoms with Crippen LogP contribution in [-0.2, 0) is 16.1 Å². The first-order valence-corrected chi connectivity index (χ1v) is 15.2. The number of piperidine rings is 1. The van der Waals surface area contributed by atoms with E-state index in [9.17, 15) is 9.59 Å². The van der Waals surface area contributed by atoms with Crippen LogP contribution in [0.1, 0.15) is 50.5 Å². The molecule has 3 N–H and O–H groups in total. The van der Waals surface area contributed by atoms with Crippen molar-refractivity contribution < 1.29 is 9.59 Å². The number of likely N-dealkylation sites (tertiary alicyclic amines) is 1. The Hall–Kier alpha value is -1.22. The zero-order valence-electron chi connectivity index (χ0n) is 20.2. The first kappa shape index (κ1) is 25.9. The summed E-state index contributed by atoms with van der Waals surface area (Å²) in [6.07, 6.45) is 8.55. The number of benzene rings is 1. The van der Waals surface area contributed by atoms with E-state index < -0.39 is 6.04 Å². The summed E-state index contributed by atoms with van der Waals surface area (Å²) in [5.74, 6) is 4.02. The van der Waals surface area contributed by atoms with Crippen molar-refractivity contribution in [3.63, 3.8) is 0 Å². The summed E-state index contributed by atoms with van der Waals surface area (Å²) in [5.41, 5.74) is 1.33. The number of hydrogen-bond donors (Lipinski definition) is 3. The zero-order chi connectivity index (χ0) is 23.6. The van der Waals surface area contributed by atoms with Gasteiger partial charge < -0.3 is 10.6 Å². The molecule has 1 saturated carbocycles. The molecule has 3 fully saturated rings. The minimum absolute atomic E-state index is 0.0170. The Bertz CT molecular complexity index is 761. The normalized spacial score (nSPS) is 23.5. The summed E-state index contributed by atoms with van der Waals surface area (Å²) < 4.78 is 0. The number of rotatable bonds is 10. The lowest BCUT2D eigenvalue weighted by Crippen LogP contribution is -2.55. The van der Waals surface area contributed by atoms with Gasteiger partial charge in [0.2, 0.25) is 11.8 Å². The van der Waals surface area contributed by atoms with Crippen LogP contribution in [0.4, 0.5) is 0 Å². The van der Waals surface area contributed by atoms with Crippen molar-refractivity contribution in [1.82, 2.24) is 20.9 Å². The monoisotopic (exact) mass is 504 g/mol. The maximum atomic E-state index is 13.2. The smallest absolute Gasteiger partial charge is 0.243 e. The number of amides is 2. The molecule has 8 heteroatoms. The van der Waals surface area contributed by atoms with E-state index in [1.807, 2.05) is 11.8 Å². The van der Waals surface area contributed by atoms with Crippen LogP contribution in [0, 0.1) is 5.92 Å². The molecule has 1 aliphatic carbocycles. The molecule has 1 aromatic rings. The molecule has 188 valence electrons. The molecule has 34 heavy (non-hydrogen) atoms. The van der Waals surface area contributed by atoms with Gasteiger partial charge in [-0.3, -0.25) is 19.8 Å². The molecule has 1 aromatic carbocycles. The van der Waals surface area contributed by atoms with Gasteiger partial charge in [-0.1, -0.05) is 49.6 Å². The van der Waals surface area contributed by atoms with Crippen molar-refractivity contribution >= 4 is 35.3 Å². The van der Waals surface area contributed by atoms with Crippen LogP contribution in [0.5, 0.6) is 0 Å². The predicted molar refractivity (Wildman–Crippen MR) is 143 cm³/mol. The Kier molecular flexibility index (Phi) is 10.5. The lowest BCUT2D eigenvalue weighted by molar-refractivity contribution is -0.129. The van der Waals surface area contributed by atoms with Gasteiger partial charge >= 0.3 is 0 Å². The van der Waals surface area contributed by atoms with E-state index in [-0.39, 0.29) is 23.9 Å². The number of hydrogen-bond acceptors (Lipinski definition) is 6. The molecule has 0 spiro atoms. The summed E-state index contributed by atoms with van der Waals surface area (Å²) in [6.45, 7) is 2.93. The van der Waals surface area contributed by atoms with Crippen molar-refractivity contribution in [2.45, 2.75) is 69.6 Å². The Labute approximate surface area is 213 Å². The zero-order valence-corrected chi connectivity index (χ0v) is 21.8. The molecule has 4 rings (SSSR count). The third-order valence-corrected chi connectivity index (χ3v) is 9.43. The fraction of sp³-hybridized carbons (Fsp3) is 0.692. The number of nitrogens with one attached hydrogen (secondary N) is 3. The molecule has 2 saturated heterocycles. The topological polar surface area (TPSA) is 73.5 Å². The van der Waals surface area contributed by atoms with Crippen molar-refractivity contribution in [3.8, 4) is 0 Å². The van der Waals surface area contributed by atoms with Crippen molar-refractivity contribution in [1.29, 1.82) is 0 Å². The fourth-order valence-electron chi connectivity index (χ4n) is 5.10. The third-order valence-electron chi connectivity index (χ3n) is 7.21. The second kappa shape index (κ2) is 13.8. The van der Waals surface area contributed by atoms with Crippen LogP contribution in [0.15, 0.2) is 30.3 Å². The summed E-state index contributed by atoms with van der Waals surface area (Å²) in [7, 11) is 0. The molecule has 2 atom stereocenters. The van der Waals surface area contributed by atoms with Gasteiger partial charge in [0, 0.05) is 43.1 Å². The lowest BCUT2D eigenvalue weighted by atomic mass is 9.91. The molecule has 0 unspecified atom stereocenters. The van der Waals surface area contributed by atoms with E-state index in [2.05, 4.69) is 51.2 Å². The highest BCUT2D eigenvalue weighted by atomic mass is 32.2. The third kappa shape index (κ3) is 8.18. The van der Waals surface area contributed by atoms with Gasteiger partial charge in [-0.05, 0) is 42.9 Å². The molecule has 2 aliphatic heterocycles. The van der Waals surface area contributed by atoms with Gasteiger partial charge in [0.1, 0.15) is 6.04 Å². The molecule has 2 heterocycles. The van der Waals surface area contributed by atoms with Crippen molar-refractivity contribution in [2.75, 3.05) is 36.2 Å². The fourth-order valence-corrected chi connectivity index (χ4v) is 7.32. The maximum Gasteiger partial charge on any atom is 0.243 e. The van der Waals surface area contributed by atoms with Crippen LogP contribution < -0.4 is 16.0 Å². The van der Waals surface area contributed by atoms with E-state index in [0.717, 1.165) is 55.8 Å². The second-order valence-corrected chi connectivity index (χ2v) is 12.0. The minimum atomic E-state index is -0.462. The van der Waals surface area contributed by atoms with Crippen LogP contribution >= 0.6 is 23.5 Å². The van der Waals surface area contributed by atoms with Crippen LogP contribution in [0.2, 0.25) is 0 Å². The van der Waals surface area contributed by atoms with Gasteiger partial charge in [0.15, 0.2) is 0 Å². The SMILES string of the molecule is O=C(N[C@@H](CSCC1CCCCC1)C(=O)NC1CCN(Cc2ccccc2)CC1)[C@@H]1CSCN1. The molecule has 0 bridgehead atoms. The average molecular weight is 505 g/mol. The van der Waals surface area contributed by atoms with E-state index >= 15 is 0 Å². The minimum Gasteiger partial charge on any atom is -0.351 e. The van der Waals surface area contributed by atoms with Crippen molar-refractivity contribution in [3.05, 3.63) is 35.9 Å². The highest BCUT2D eigenvalue weighted by Crippen LogP contribution is 2.27. The average Bonchev–Trinajstić information content (AvgIpc) is 3.41. The van der Waals surface area contributed by atoms with Crippen LogP contribution in [0.25, 0.3) is 0 Å². The number of nitrogens with zero attached hydrogens (tertiary/aromatic N) is 1. The number of carbonyl (C=O) groups is 2. The van der Waals surface area contributed by atoms with Crippen LogP contribution in [0.3, 0.4) is 0 Å². The van der Waals surface area contributed by atoms with E-state index in [0.29, 0.717) is 5.75 Å². The maximum absolute atomic E-state index is 13.2. The van der Waals surface area contributed by atoms with Gasteiger partial charge in [-0.2, -0.15) is 11.8 Å². The number of carbonyl (C=O) groups excluding carboxylic acids is 2. The first-order valence-electron chi connectivity index (χ1n) is 12.9. The Morgan fingerprint density at radius 2 is 1.85 bits per heavy atom. The summed E-state index contributed by atoms with van der Waals surface area (Å²) in [4.78, 5) is 28.4. The molecule has 3 aliphatic rings. The molecule has 2 amide bonds. The largest absolute Gasteiger partial charge is 0.351 e. The molecule has 0 radical (unpaired) electrons. The molecule has 0 aromatic heterocycles. The van der Waals surface area contributed by atoms with E-state index in [1.54, 1.807) is 11.8 Å². The summed E-state index contributed by atoms with van der Waals surface area (Å²) in [6, 6.07) is 10.1. The predicted octanol–water partition coefficient (Wildman–Crippen LogP) is 3.23. The molecule has 6 nitrogen and oxygen atoms in total. The summed E-state index contributed by atoms with van der Waals surface area (Å²) >= 11 is 3.56. The second-order valence-electron chi connectivity index (χ2n) is 9.92. The van der Waals surface area contributed by atoms with Gasteiger partial charge in [0.25, 0.3) is 0 Å². The Morgan fingerprint density at radius 1 is 1.09 bits per heavy atom. The standard InChI is InChI=1S/C26H40N4O2S2/c31-25(23-17-34-19-27-23)29-24(18-33-16-21-9-5-2-6-10-21)26(32)28-22-11-13-30(14-12-22)15-20-7-3-1-4-8-20/h1,3-4,7-8,21-24,27H,2,5-6,9-19H2,(H,28,32)(H,29,31)/t23-,24-/m0/s1. The molecular formula is C26H40N4O2S2. The van der Waals surface area contributed by atoms with Crippen LogP contribution in [-0.4, -0.2) is 71.1 Å². The van der Waals surface area contributed by atoms with Gasteiger partial charge in [-0.15, -0.1) is 11.8 Å². The first-order chi connectivity index (χ1) is 16.7. The van der Waals surface area contributed by atoms with Gasteiger partial charge in [-0.25, -0.2) is 0 Å². The van der Waals surface area contributed by atoms with E-state index in [1.165, 1.54) is 37.7 Å². The quantitative estimate of drug-likeness (QED) is 0.454. The van der Waals surface area contributed by atoms with E-state index in [4.69, 9.17) is 0 Å². The van der Waals surface area contributed by atoms with Crippen molar-refractivity contribution in [2.24, 2.45) is 5.92 Å². The Morgan fingerprint density at radius 3 is 2.56 bits per heavy atom. The summed E-state index contributed by atoms with van der Waals surface area (Å²) in [5, 5.41) is 9.56.